The molecule has 9 nitrogen and oxygen atoms in total. The molecule has 2 N–H and O–H groups in total. The van der Waals surface area contributed by atoms with Gasteiger partial charge < -0.3 is 33.9 Å². The molecule has 3 aliphatic carbocycles. The Balaban J connectivity index is 1.67. The number of halogens is 1. The first-order valence-electron chi connectivity index (χ1n) is 14.4. The van der Waals surface area contributed by atoms with Crippen LogP contribution >= 0.6 is 0 Å². The Hall–Kier alpha value is -2.63. The van der Waals surface area contributed by atoms with Crippen LogP contribution in [-0.4, -0.2) is 76.3 Å². The van der Waals surface area contributed by atoms with Gasteiger partial charge in [-0.25, -0.2) is 9.18 Å². The van der Waals surface area contributed by atoms with Gasteiger partial charge in [0, 0.05) is 18.8 Å². The van der Waals surface area contributed by atoms with Gasteiger partial charge in [-0.2, -0.15) is 0 Å². The highest BCUT2D eigenvalue weighted by Crippen LogP contribution is 2.67. The lowest BCUT2D eigenvalue weighted by molar-refractivity contribution is -0.321. The second-order valence-corrected chi connectivity index (χ2v) is 13.6. The Morgan fingerprint density at radius 1 is 1.07 bits per heavy atom. The maximum absolute atomic E-state index is 16.8. The average Bonchev–Trinajstić information content (AvgIpc) is 3.22. The number of hydrogen-bond donors (Lipinski definition) is 2. The minimum absolute atomic E-state index is 0.122. The number of benzene rings is 1. The van der Waals surface area contributed by atoms with E-state index in [1.807, 2.05) is 0 Å². The molecule has 2 saturated heterocycles. The third-order valence-electron chi connectivity index (χ3n) is 10.5. The number of fused-ring (bicyclic) bond motifs is 8. The predicted octanol–water partition coefficient (Wildman–Crippen LogP) is 3.77. The molecule has 0 radical (unpaired) electrons. The van der Waals surface area contributed by atoms with Crippen molar-refractivity contribution in [2.75, 3.05) is 6.61 Å². The number of rotatable bonds is 3. The molecule has 228 valence electrons. The van der Waals surface area contributed by atoms with Crippen LogP contribution in [0.5, 0.6) is 0 Å². The topological polar surface area (TPSA) is 121 Å². The average molecular weight is 587 g/mol. The maximum Gasteiger partial charge on any atom is 0.338 e. The zero-order valence-corrected chi connectivity index (χ0v) is 25.0. The molecule has 1 saturated carbocycles. The minimum atomic E-state index is -1.97. The molecule has 0 aromatic heterocycles. The molecule has 0 spiro atoms. The van der Waals surface area contributed by atoms with Crippen LogP contribution in [-0.2, 0) is 28.5 Å². The van der Waals surface area contributed by atoms with Crippen molar-refractivity contribution >= 4 is 11.9 Å². The summed E-state index contributed by atoms with van der Waals surface area (Å²) in [4.78, 5) is 26.4. The van der Waals surface area contributed by atoms with Crippen LogP contribution in [0, 0.1) is 16.7 Å². The van der Waals surface area contributed by atoms with E-state index in [1.54, 1.807) is 71.9 Å². The molecule has 2 aliphatic heterocycles. The van der Waals surface area contributed by atoms with Crippen molar-refractivity contribution in [3.05, 3.63) is 58.9 Å². The van der Waals surface area contributed by atoms with Crippen molar-refractivity contribution in [1.29, 1.82) is 0 Å². The molecule has 2 heterocycles. The van der Waals surface area contributed by atoms with Crippen LogP contribution in [0.4, 0.5) is 4.39 Å². The van der Waals surface area contributed by atoms with Gasteiger partial charge in [-0.05, 0) is 50.1 Å². The van der Waals surface area contributed by atoms with Gasteiger partial charge in [0.05, 0.1) is 29.6 Å². The number of hydrogen-bond acceptors (Lipinski definition) is 9. The molecule has 1 aromatic carbocycles. The zero-order valence-electron chi connectivity index (χ0n) is 25.0. The van der Waals surface area contributed by atoms with Crippen molar-refractivity contribution in [1.82, 2.24) is 0 Å². The Morgan fingerprint density at radius 3 is 2.33 bits per heavy atom. The molecule has 3 fully saturated rings. The van der Waals surface area contributed by atoms with Gasteiger partial charge in [-0.1, -0.05) is 39.0 Å². The van der Waals surface area contributed by atoms with Gasteiger partial charge in [0.2, 0.25) is 0 Å². The first-order chi connectivity index (χ1) is 19.5. The van der Waals surface area contributed by atoms with Crippen molar-refractivity contribution in [3.8, 4) is 0 Å². The maximum atomic E-state index is 16.8. The standard InChI is InChI=1S/C32H39FO9/c1-16-19(35)14-32(37)26(39-27(36)18-11-9-8-10-12-18)24-30(7,20(33)13-21-31(24,15-38-21)40-17(2)34)25-23(22(16)28(32,3)4)41-29(5,6)42-25/h8-13,19,21,23-26,35,37H,14-15H2,1-7H3/t19-,21+,23+,24-,25+,26-,30+,31-,32+/m0/s1. The highest BCUT2D eigenvalue weighted by atomic mass is 19.1. The fourth-order valence-electron chi connectivity index (χ4n) is 8.34. The lowest BCUT2D eigenvalue weighted by Crippen LogP contribution is -2.79. The van der Waals surface area contributed by atoms with E-state index in [9.17, 15) is 19.8 Å². The highest BCUT2D eigenvalue weighted by molar-refractivity contribution is 5.89. The van der Waals surface area contributed by atoms with E-state index in [2.05, 4.69) is 0 Å². The van der Waals surface area contributed by atoms with E-state index in [0.717, 1.165) is 0 Å². The number of ether oxygens (including phenoxy) is 5. The summed E-state index contributed by atoms with van der Waals surface area (Å²) >= 11 is 0. The molecule has 0 amide bonds. The first kappa shape index (κ1) is 29.4. The Kier molecular flexibility index (Phi) is 6.44. The van der Waals surface area contributed by atoms with Crippen LogP contribution in [0.2, 0.25) is 0 Å². The summed E-state index contributed by atoms with van der Waals surface area (Å²) in [5.41, 5.74) is -4.93. The van der Waals surface area contributed by atoms with Crippen LogP contribution in [0.15, 0.2) is 53.4 Å². The molecular formula is C32H39FO9. The molecule has 10 heteroatoms. The van der Waals surface area contributed by atoms with Crippen LogP contribution in [0.3, 0.4) is 0 Å². The van der Waals surface area contributed by atoms with E-state index < -0.39 is 82.0 Å². The molecule has 0 unspecified atom stereocenters. The summed E-state index contributed by atoms with van der Waals surface area (Å²) in [5.74, 6) is -4.37. The van der Waals surface area contributed by atoms with Crippen molar-refractivity contribution in [2.24, 2.45) is 16.7 Å². The van der Waals surface area contributed by atoms with Crippen LogP contribution in [0.1, 0.15) is 65.2 Å². The molecule has 6 rings (SSSR count). The van der Waals surface area contributed by atoms with Gasteiger partial charge in [0.15, 0.2) is 11.4 Å². The largest absolute Gasteiger partial charge is 0.455 e. The van der Waals surface area contributed by atoms with Gasteiger partial charge in [-0.3, -0.25) is 4.79 Å². The smallest absolute Gasteiger partial charge is 0.338 e. The lowest BCUT2D eigenvalue weighted by Gasteiger charge is -2.66. The normalized spacial score (nSPS) is 43.0. The fourth-order valence-corrected chi connectivity index (χ4v) is 8.34. The minimum Gasteiger partial charge on any atom is -0.455 e. The molecule has 1 aromatic rings. The predicted molar refractivity (Wildman–Crippen MR) is 147 cm³/mol. The van der Waals surface area contributed by atoms with Crippen LogP contribution in [0.25, 0.3) is 0 Å². The molecule has 42 heavy (non-hydrogen) atoms. The Bertz CT molecular complexity index is 1390. The number of aliphatic hydroxyl groups excluding tert-OH is 1. The van der Waals surface area contributed by atoms with Gasteiger partial charge in [0.25, 0.3) is 0 Å². The molecular weight excluding hydrogens is 547 g/mol. The quantitative estimate of drug-likeness (QED) is 0.403. The molecule has 2 bridgehead atoms. The van der Waals surface area contributed by atoms with E-state index in [4.69, 9.17) is 23.7 Å². The van der Waals surface area contributed by atoms with Gasteiger partial charge >= 0.3 is 11.9 Å². The van der Waals surface area contributed by atoms with E-state index in [-0.39, 0.29) is 18.6 Å². The zero-order chi connectivity index (χ0) is 30.6. The third-order valence-corrected chi connectivity index (χ3v) is 10.5. The second-order valence-electron chi connectivity index (χ2n) is 13.6. The van der Waals surface area contributed by atoms with Crippen molar-refractivity contribution in [3.63, 3.8) is 0 Å². The van der Waals surface area contributed by atoms with E-state index >= 15 is 4.39 Å². The van der Waals surface area contributed by atoms with Crippen molar-refractivity contribution in [2.45, 2.75) is 102 Å². The third kappa shape index (κ3) is 3.78. The van der Waals surface area contributed by atoms with Crippen molar-refractivity contribution < 1.29 is 47.9 Å². The highest BCUT2D eigenvalue weighted by Gasteiger charge is 2.78. The summed E-state index contributed by atoms with van der Waals surface area (Å²) in [6.07, 6.45) is -4.45. The van der Waals surface area contributed by atoms with Gasteiger partial charge in [0.1, 0.15) is 35.8 Å². The number of esters is 2. The number of carbonyl (C=O) groups excluding carboxylic acids is 2. The summed E-state index contributed by atoms with van der Waals surface area (Å²) in [6.45, 7) is 11.6. The lowest BCUT2D eigenvalue weighted by atomic mass is 9.46. The summed E-state index contributed by atoms with van der Waals surface area (Å²) < 4.78 is 47.8. The fraction of sp³-hybridized carbons (Fsp3) is 0.625. The summed E-state index contributed by atoms with van der Waals surface area (Å²) in [5, 5.41) is 24.4. The summed E-state index contributed by atoms with van der Waals surface area (Å²) in [7, 11) is 0. The summed E-state index contributed by atoms with van der Waals surface area (Å²) in [6, 6.07) is 8.28. The Morgan fingerprint density at radius 2 is 1.74 bits per heavy atom. The SMILES string of the molecule is CC(=O)O[C@@]12CO[C@@H]1C=C(F)[C@@]1(C)[C@@H]3OC(C)(C)O[C@@H]3C3=C(C)[C@@H](O)C[C@@](O)([C@@H](OC(=O)c4ccccc4)[C@H]21)C3(C)C. The Labute approximate surface area is 244 Å². The van der Waals surface area contributed by atoms with Crippen LogP contribution < -0.4 is 0 Å². The second kappa shape index (κ2) is 9.19. The van der Waals surface area contributed by atoms with E-state index in [1.165, 1.54) is 13.0 Å². The monoisotopic (exact) mass is 586 g/mol. The first-order valence-corrected chi connectivity index (χ1v) is 14.4. The van der Waals surface area contributed by atoms with E-state index in [0.29, 0.717) is 11.1 Å². The molecule has 9 atom stereocenters. The number of carbonyl (C=O) groups is 2. The molecule has 5 aliphatic rings. The number of aliphatic hydroxyl groups is 2. The van der Waals surface area contributed by atoms with Gasteiger partial charge in [-0.15, -0.1) is 0 Å².